The first-order chi connectivity index (χ1) is 13.8. The fourth-order valence-corrected chi connectivity index (χ4v) is 3.10. The summed E-state index contributed by atoms with van der Waals surface area (Å²) in [6.45, 7) is 0.292. The standard InChI is InChI=1S/C18H13BrF3N3O3S/c1-27-14-8-11(15(26)23-17-25-24-16(29-17)18(20,21)22)4-7-13(14)28-9-10-2-5-12(19)6-3-10/h2-8H,9H2,1H3,(H,23,25,26). The molecule has 0 spiro atoms. The lowest BCUT2D eigenvalue weighted by Crippen LogP contribution is -2.12. The maximum Gasteiger partial charge on any atom is 0.445 e. The van der Waals surface area contributed by atoms with Gasteiger partial charge in [0.05, 0.1) is 7.11 Å². The molecule has 0 fully saturated rings. The Balaban J connectivity index is 1.69. The maximum atomic E-state index is 12.6. The van der Waals surface area contributed by atoms with Crippen LogP contribution in [0.5, 0.6) is 11.5 Å². The molecule has 1 amide bonds. The summed E-state index contributed by atoms with van der Waals surface area (Å²) in [5.74, 6) is 0.0814. The van der Waals surface area contributed by atoms with Crippen molar-refractivity contribution in [3.05, 3.63) is 63.1 Å². The highest BCUT2D eigenvalue weighted by molar-refractivity contribution is 9.10. The Bertz CT molecular complexity index is 1010. The van der Waals surface area contributed by atoms with Crippen LogP contribution in [0.2, 0.25) is 0 Å². The first kappa shape index (κ1) is 21.1. The van der Waals surface area contributed by atoms with Gasteiger partial charge in [-0.15, -0.1) is 10.2 Å². The molecule has 0 aliphatic rings. The number of hydrogen-bond donors (Lipinski definition) is 1. The summed E-state index contributed by atoms with van der Waals surface area (Å²) in [5, 5.41) is 7.26. The largest absolute Gasteiger partial charge is 0.493 e. The van der Waals surface area contributed by atoms with Gasteiger partial charge in [-0.1, -0.05) is 39.4 Å². The summed E-state index contributed by atoms with van der Waals surface area (Å²) in [6.07, 6.45) is -4.61. The van der Waals surface area contributed by atoms with E-state index in [4.69, 9.17) is 9.47 Å². The van der Waals surface area contributed by atoms with E-state index in [1.54, 1.807) is 6.07 Å². The lowest BCUT2D eigenvalue weighted by molar-refractivity contribution is -0.138. The highest BCUT2D eigenvalue weighted by Gasteiger charge is 2.35. The topological polar surface area (TPSA) is 73.3 Å². The third-order valence-electron chi connectivity index (χ3n) is 3.62. The van der Waals surface area contributed by atoms with E-state index in [1.165, 1.54) is 19.2 Å². The molecule has 1 heterocycles. The Morgan fingerprint density at radius 1 is 1.14 bits per heavy atom. The zero-order valence-electron chi connectivity index (χ0n) is 14.8. The van der Waals surface area contributed by atoms with E-state index in [-0.39, 0.29) is 22.0 Å². The van der Waals surface area contributed by atoms with Crippen LogP contribution in [-0.2, 0) is 12.8 Å². The van der Waals surface area contributed by atoms with Gasteiger partial charge in [0.2, 0.25) is 10.1 Å². The molecule has 11 heteroatoms. The van der Waals surface area contributed by atoms with Gasteiger partial charge in [-0.25, -0.2) is 0 Å². The minimum atomic E-state index is -4.61. The van der Waals surface area contributed by atoms with E-state index >= 15 is 0 Å². The number of amides is 1. The third kappa shape index (κ3) is 5.45. The van der Waals surface area contributed by atoms with Gasteiger partial charge in [0.15, 0.2) is 11.5 Å². The Hall–Kier alpha value is -2.66. The minimum absolute atomic E-state index is 0.168. The average molecular weight is 488 g/mol. The summed E-state index contributed by atoms with van der Waals surface area (Å²) in [7, 11) is 1.42. The number of benzene rings is 2. The van der Waals surface area contributed by atoms with Gasteiger partial charge in [0, 0.05) is 10.0 Å². The van der Waals surface area contributed by atoms with Crippen molar-refractivity contribution in [2.24, 2.45) is 0 Å². The Kier molecular flexibility index (Phi) is 6.38. The summed E-state index contributed by atoms with van der Waals surface area (Å²) < 4.78 is 49.7. The highest BCUT2D eigenvalue weighted by atomic mass is 79.9. The SMILES string of the molecule is COc1cc(C(=O)Nc2nnc(C(F)(F)F)s2)ccc1OCc1ccc(Br)cc1. The van der Waals surface area contributed by atoms with Crippen molar-refractivity contribution in [3.63, 3.8) is 0 Å². The molecule has 1 N–H and O–H groups in total. The van der Waals surface area contributed by atoms with E-state index < -0.39 is 17.1 Å². The van der Waals surface area contributed by atoms with Gasteiger partial charge in [0.25, 0.3) is 5.91 Å². The van der Waals surface area contributed by atoms with E-state index in [9.17, 15) is 18.0 Å². The molecule has 0 saturated carbocycles. The molecule has 152 valence electrons. The number of ether oxygens (including phenoxy) is 2. The van der Waals surface area contributed by atoms with Crippen LogP contribution in [0.15, 0.2) is 46.9 Å². The summed E-state index contributed by atoms with van der Waals surface area (Å²) >= 11 is 3.60. The number of rotatable bonds is 6. The van der Waals surface area contributed by atoms with Crippen molar-refractivity contribution in [1.82, 2.24) is 10.2 Å². The Morgan fingerprint density at radius 3 is 2.48 bits per heavy atom. The quantitative estimate of drug-likeness (QED) is 0.519. The van der Waals surface area contributed by atoms with Crippen LogP contribution < -0.4 is 14.8 Å². The summed E-state index contributed by atoms with van der Waals surface area (Å²) in [6, 6.07) is 12.0. The number of halogens is 4. The number of anilines is 1. The lowest BCUT2D eigenvalue weighted by Gasteiger charge is -2.12. The van der Waals surface area contributed by atoms with Crippen LogP contribution in [0.3, 0.4) is 0 Å². The third-order valence-corrected chi connectivity index (χ3v) is 5.03. The minimum Gasteiger partial charge on any atom is -0.493 e. The van der Waals surface area contributed by atoms with Crippen LogP contribution in [-0.4, -0.2) is 23.2 Å². The molecule has 0 unspecified atom stereocenters. The van der Waals surface area contributed by atoms with Crippen molar-refractivity contribution in [1.29, 1.82) is 0 Å². The number of hydrogen-bond acceptors (Lipinski definition) is 6. The molecule has 0 aliphatic carbocycles. The predicted molar refractivity (Wildman–Crippen MR) is 104 cm³/mol. The Labute approximate surface area is 175 Å². The zero-order valence-corrected chi connectivity index (χ0v) is 17.2. The number of nitrogens with one attached hydrogen (secondary N) is 1. The summed E-state index contributed by atoms with van der Waals surface area (Å²) in [5.41, 5.74) is 1.11. The van der Waals surface area contributed by atoms with E-state index in [1.807, 2.05) is 24.3 Å². The second-order valence-corrected chi connectivity index (χ2v) is 7.54. The zero-order chi connectivity index (χ0) is 21.0. The fraction of sp³-hybridized carbons (Fsp3) is 0.167. The van der Waals surface area contributed by atoms with Crippen LogP contribution in [0.1, 0.15) is 20.9 Å². The molecule has 0 atom stereocenters. The number of alkyl halides is 3. The first-order valence-electron chi connectivity index (χ1n) is 8.03. The van der Waals surface area contributed by atoms with E-state index in [2.05, 4.69) is 31.4 Å². The van der Waals surface area contributed by atoms with Crippen LogP contribution in [0.25, 0.3) is 0 Å². The molecule has 0 aliphatic heterocycles. The summed E-state index contributed by atoms with van der Waals surface area (Å²) in [4.78, 5) is 12.3. The average Bonchev–Trinajstić information content (AvgIpc) is 3.16. The number of carbonyl (C=O) groups is 1. The number of nitrogens with zero attached hydrogens (tertiary/aromatic N) is 2. The normalized spacial score (nSPS) is 11.2. The molecule has 3 aromatic rings. The molecule has 2 aromatic carbocycles. The van der Waals surface area contributed by atoms with Crippen molar-refractivity contribution in [2.75, 3.05) is 12.4 Å². The monoisotopic (exact) mass is 487 g/mol. The molecule has 0 saturated heterocycles. The Morgan fingerprint density at radius 2 is 1.86 bits per heavy atom. The number of methoxy groups -OCH3 is 1. The number of carbonyl (C=O) groups excluding carboxylic acids is 1. The van der Waals surface area contributed by atoms with Crippen LogP contribution >= 0.6 is 27.3 Å². The molecular weight excluding hydrogens is 475 g/mol. The second kappa shape index (κ2) is 8.78. The van der Waals surface area contributed by atoms with Gasteiger partial charge in [-0.2, -0.15) is 13.2 Å². The maximum absolute atomic E-state index is 12.6. The lowest BCUT2D eigenvalue weighted by atomic mass is 10.2. The predicted octanol–water partition coefficient (Wildman–Crippen LogP) is 5.16. The van der Waals surface area contributed by atoms with Crippen LogP contribution in [0.4, 0.5) is 18.3 Å². The highest BCUT2D eigenvalue weighted by Crippen LogP contribution is 2.33. The van der Waals surface area contributed by atoms with Crippen molar-refractivity contribution >= 4 is 38.3 Å². The van der Waals surface area contributed by atoms with E-state index in [0.717, 1.165) is 10.0 Å². The molecule has 0 bridgehead atoms. The molecule has 1 aromatic heterocycles. The molecule has 29 heavy (non-hydrogen) atoms. The molecular formula is C18H13BrF3N3O3S. The van der Waals surface area contributed by atoms with Crippen molar-refractivity contribution in [3.8, 4) is 11.5 Å². The molecule has 6 nitrogen and oxygen atoms in total. The van der Waals surface area contributed by atoms with Gasteiger partial charge in [0.1, 0.15) is 6.61 Å². The van der Waals surface area contributed by atoms with Gasteiger partial charge in [-0.3, -0.25) is 10.1 Å². The van der Waals surface area contributed by atoms with Gasteiger partial charge >= 0.3 is 6.18 Å². The van der Waals surface area contributed by atoms with Crippen molar-refractivity contribution < 1.29 is 27.4 Å². The number of aromatic nitrogens is 2. The van der Waals surface area contributed by atoms with Crippen LogP contribution in [0, 0.1) is 0 Å². The van der Waals surface area contributed by atoms with Crippen molar-refractivity contribution in [2.45, 2.75) is 12.8 Å². The fourth-order valence-electron chi connectivity index (χ4n) is 2.23. The van der Waals surface area contributed by atoms with Gasteiger partial charge < -0.3 is 9.47 Å². The molecule has 0 radical (unpaired) electrons. The second-order valence-electron chi connectivity index (χ2n) is 5.65. The molecule has 3 rings (SSSR count). The van der Waals surface area contributed by atoms with E-state index in [0.29, 0.717) is 18.1 Å². The first-order valence-corrected chi connectivity index (χ1v) is 9.64. The van der Waals surface area contributed by atoms with Gasteiger partial charge in [-0.05, 0) is 35.9 Å². The smallest absolute Gasteiger partial charge is 0.445 e.